The van der Waals surface area contributed by atoms with Gasteiger partial charge in [-0.25, -0.2) is 4.79 Å². The number of ether oxygens (including phenoxy) is 3. The Morgan fingerprint density at radius 3 is 2.39 bits per heavy atom. The molecular formula is C20H18BrF3O4. The van der Waals surface area contributed by atoms with E-state index >= 15 is 0 Å². The maximum Gasteiger partial charge on any atom is 0.420 e. The van der Waals surface area contributed by atoms with Gasteiger partial charge in [-0.15, -0.1) is 0 Å². The van der Waals surface area contributed by atoms with Crippen LogP contribution in [0.1, 0.15) is 19.4 Å². The minimum Gasteiger partial charge on any atom is -0.487 e. The molecule has 0 aliphatic rings. The maximum absolute atomic E-state index is 13.2. The summed E-state index contributed by atoms with van der Waals surface area (Å²) in [4.78, 5) is 11.3. The molecule has 0 bridgehead atoms. The average molecular weight is 459 g/mol. The quantitative estimate of drug-likeness (QED) is 0.368. The molecule has 2 aromatic rings. The van der Waals surface area contributed by atoms with Gasteiger partial charge >= 0.3 is 12.1 Å². The summed E-state index contributed by atoms with van der Waals surface area (Å²) in [7, 11) is 0. The van der Waals surface area contributed by atoms with E-state index < -0.39 is 23.8 Å². The van der Waals surface area contributed by atoms with E-state index in [1.54, 1.807) is 32.1 Å². The molecule has 0 aromatic heterocycles. The predicted octanol–water partition coefficient (Wildman–Crippen LogP) is 6.15. The van der Waals surface area contributed by atoms with Crippen LogP contribution in [0.3, 0.4) is 0 Å². The summed E-state index contributed by atoms with van der Waals surface area (Å²) in [5.41, 5.74) is -0.875. The second-order valence-electron chi connectivity index (χ2n) is 5.65. The van der Waals surface area contributed by atoms with Crippen LogP contribution >= 0.6 is 15.9 Å². The van der Waals surface area contributed by atoms with Crippen LogP contribution in [-0.4, -0.2) is 18.7 Å². The smallest absolute Gasteiger partial charge is 0.420 e. The second kappa shape index (κ2) is 9.64. The number of hydrogen-bond acceptors (Lipinski definition) is 4. The molecule has 0 aliphatic heterocycles. The number of rotatable bonds is 7. The van der Waals surface area contributed by atoms with Gasteiger partial charge in [-0.1, -0.05) is 15.9 Å². The largest absolute Gasteiger partial charge is 0.487 e. The monoisotopic (exact) mass is 458 g/mol. The van der Waals surface area contributed by atoms with Gasteiger partial charge in [-0.3, -0.25) is 0 Å². The van der Waals surface area contributed by atoms with Gasteiger partial charge in [-0.2, -0.15) is 13.2 Å². The van der Waals surface area contributed by atoms with Crippen molar-refractivity contribution in [2.24, 2.45) is 0 Å². The fraction of sp³-hybridized carbons (Fsp3) is 0.250. The normalized spacial score (nSPS) is 12.6. The van der Waals surface area contributed by atoms with Crippen molar-refractivity contribution in [3.8, 4) is 17.2 Å². The molecule has 0 fully saturated rings. The number of hydrogen-bond donors (Lipinski definition) is 0. The van der Waals surface area contributed by atoms with Crippen molar-refractivity contribution in [2.75, 3.05) is 6.61 Å². The molecule has 0 aliphatic carbocycles. The highest BCUT2D eigenvalue weighted by atomic mass is 79.9. The van der Waals surface area contributed by atoms with Gasteiger partial charge in [0, 0.05) is 10.5 Å². The molecule has 0 saturated heterocycles. The van der Waals surface area contributed by atoms with Crippen molar-refractivity contribution < 1.29 is 32.2 Å². The van der Waals surface area contributed by atoms with E-state index in [2.05, 4.69) is 15.9 Å². The van der Waals surface area contributed by atoms with Crippen LogP contribution < -0.4 is 9.47 Å². The van der Waals surface area contributed by atoms with Gasteiger partial charge in [0.2, 0.25) is 0 Å². The summed E-state index contributed by atoms with van der Waals surface area (Å²) in [6.07, 6.45) is -2.12. The van der Waals surface area contributed by atoms with E-state index in [4.69, 9.17) is 14.2 Å². The van der Waals surface area contributed by atoms with Crippen molar-refractivity contribution in [1.29, 1.82) is 0 Å². The number of halogens is 4. The maximum atomic E-state index is 13.2. The van der Waals surface area contributed by atoms with E-state index in [9.17, 15) is 18.0 Å². The Morgan fingerprint density at radius 1 is 1.14 bits per heavy atom. The third-order valence-corrected chi connectivity index (χ3v) is 3.90. The first-order valence-electron chi connectivity index (χ1n) is 8.35. The highest BCUT2D eigenvalue weighted by Gasteiger charge is 2.34. The molecule has 2 aromatic carbocycles. The zero-order chi connectivity index (χ0) is 20.7. The number of carbonyl (C=O) groups excluding carboxylic acids is 1. The average Bonchev–Trinajstić information content (AvgIpc) is 2.62. The second-order valence-corrected chi connectivity index (χ2v) is 6.56. The van der Waals surface area contributed by atoms with Gasteiger partial charge in [0.15, 0.2) is 0 Å². The van der Waals surface area contributed by atoms with Crippen molar-refractivity contribution in [2.45, 2.75) is 26.1 Å². The lowest BCUT2D eigenvalue weighted by molar-refractivity contribution is -0.139. The molecular weight excluding hydrogens is 441 g/mol. The van der Waals surface area contributed by atoms with Gasteiger partial charge in [-0.05, 0) is 62.4 Å². The molecule has 150 valence electrons. The Hall–Kier alpha value is -2.48. The summed E-state index contributed by atoms with van der Waals surface area (Å²) in [5.74, 6) is -0.0538. The molecule has 0 saturated carbocycles. The third kappa shape index (κ3) is 6.60. The first-order chi connectivity index (χ1) is 13.2. The van der Waals surface area contributed by atoms with Crippen LogP contribution in [0.5, 0.6) is 17.2 Å². The van der Waals surface area contributed by atoms with E-state index in [-0.39, 0.29) is 18.1 Å². The zero-order valence-corrected chi connectivity index (χ0v) is 16.7. The van der Waals surface area contributed by atoms with Crippen LogP contribution in [0, 0.1) is 0 Å². The summed E-state index contributed by atoms with van der Waals surface area (Å²) in [5, 5.41) is 0. The fourth-order valence-electron chi connectivity index (χ4n) is 2.18. The SMILES string of the molecule is CCOC(=O)/C=C/C(C)Oc1ccc(Oc2ccc(Br)cc2C(F)(F)F)cc1. The number of esters is 1. The minimum absolute atomic E-state index is 0.231. The summed E-state index contributed by atoms with van der Waals surface area (Å²) in [6.45, 7) is 3.73. The van der Waals surface area contributed by atoms with Crippen molar-refractivity contribution in [1.82, 2.24) is 0 Å². The summed E-state index contributed by atoms with van der Waals surface area (Å²) < 4.78 is 55.5. The van der Waals surface area contributed by atoms with Gasteiger partial charge in [0.05, 0.1) is 12.2 Å². The van der Waals surface area contributed by atoms with E-state index in [1.807, 2.05) is 0 Å². The fourth-order valence-corrected chi connectivity index (χ4v) is 2.55. The molecule has 0 radical (unpaired) electrons. The minimum atomic E-state index is -4.54. The predicted molar refractivity (Wildman–Crippen MR) is 102 cm³/mol. The summed E-state index contributed by atoms with van der Waals surface area (Å²) >= 11 is 3.03. The molecule has 1 atom stereocenters. The van der Waals surface area contributed by atoms with Crippen LogP contribution in [0.2, 0.25) is 0 Å². The highest BCUT2D eigenvalue weighted by molar-refractivity contribution is 9.10. The van der Waals surface area contributed by atoms with Crippen molar-refractivity contribution in [3.05, 3.63) is 64.7 Å². The van der Waals surface area contributed by atoms with Gasteiger partial charge in [0.25, 0.3) is 0 Å². The molecule has 0 heterocycles. The Morgan fingerprint density at radius 2 is 1.79 bits per heavy atom. The Kier molecular flexibility index (Phi) is 7.51. The lowest BCUT2D eigenvalue weighted by atomic mass is 10.2. The standard InChI is InChI=1S/C20H18BrF3O4/c1-3-26-19(25)11-4-13(2)27-15-6-8-16(9-7-15)28-18-10-5-14(21)12-17(18)20(22,23)24/h4-13H,3H2,1-2H3/b11-4+. The number of benzene rings is 2. The first kappa shape index (κ1) is 21.8. The zero-order valence-electron chi connectivity index (χ0n) is 15.1. The van der Waals surface area contributed by atoms with Crippen LogP contribution in [-0.2, 0) is 15.7 Å². The van der Waals surface area contributed by atoms with Crippen molar-refractivity contribution >= 4 is 21.9 Å². The molecule has 28 heavy (non-hydrogen) atoms. The first-order valence-corrected chi connectivity index (χ1v) is 9.14. The molecule has 0 spiro atoms. The Bertz CT molecular complexity index is 832. The summed E-state index contributed by atoms with van der Waals surface area (Å²) in [6, 6.07) is 9.81. The Balaban J connectivity index is 2.05. The van der Waals surface area contributed by atoms with Crippen LogP contribution in [0.25, 0.3) is 0 Å². The molecule has 4 nitrogen and oxygen atoms in total. The van der Waals surface area contributed by atoms with Crippen molar-refractivity contribution in [3.63, 3.8) is 0 Å². The van der Waals surface area contributed by atoms with E-state index in [1.165, 1.54) is 30.3 Å². The number of carbonyl (C=O) groups is 1. The third-order valence-electron chi connectivity index (χ3n) is 3.41. The van der Waals surface area contributed by atoms with Crippen LogP contribution in [0.4, 0.5) is 13.2 Å². The van der Waals surface area contributed by atoms with Crippen LogP contribution in [0.15, 0.2) is 59.1 Å². The lowest BCUT2D eigenvalue weighted by Gasteiger charge is -2.15. The Labute approximate surface area is 169 Å². The molecule has 1 unspecified atom stereocenters. The number of alkyl halides is 3. The molecule has 8 heteroatoms. The molecule has 0 amide bonds. The van der Waals surface area contributed by atoms with E-state index in [0.717, 1.165) is 6.07 Å². The van der Waals surface area contributed by atoms with Gasteiger partial charge < -0.3 is 14.2 Å². The highest BCUT2D eigenvalue weighted by Crippen LogP contribution is 2.39. The molecule has 0 N–H and O–H groups in total. The topological polar surface area (TPSA) is 44.8 Å². The van der Waals surface area contributed by atoms with Gasteiger partial charge in [0.1, 0.15) is 23.4 Å². The van der Waals surface area contributed by atoms with E-state index in [0.29, 0.717) is 10.2 Å². The molecule has 2 rings (SSSR count). The lowest BCUT2D eigenvalue weighted by Crippen LogP contribution is -2.09.